The first-order valence-corrected chi connectivity index (χ1v) is 1.79. The fourth-order valence-corrected chi connectivity index (χ4v) is 0. The summed E-state index contributed by atoms with van der Waals surface area (Å²) in [5.74, 6) is 0. The van der Waals surface area contributed by atoms with E-state index in [1.807, 2.05) is 0 Å². The molecule has 0 atom stereocenters. The molecule has 0 spiro atoms. The topological polar surface area (TPSA) is 28.2 Å². The van der Waals surface area contributed by atoms with Gasteiger partial charge in [-0.2, -0.15) is 28.2 Å². The number of rotatable bonds is 0. The molecule has 0 aliphatic carbocycles. The van der Waals surface area contributed by atoms with Gasteiger partial charge in [-0.05, 0) is 0 Å². The van der Waals surface area contributed by atoms with E-state index in [1.165, 1.54) is 0 Å². The Labute approximate surface area is 63.0 Å². The van der Waals surface area contributed by atoms with E-state index in [4.69, 9.17) is 0 Å². The van der Waals surface area contributed by atoms with Crippen molar-refractivity contribution in [3.05, 3.63) is 10.6 Å². The summed E-state index contributed by atoms with van der Waals surface area (Å²) in [5, 5.41) is 7.00. The van der Waals surface area contributed by atoms with Crippen molar-refractivity contribution in [1.29, 1.82) is 0 Å². The van der Waals surface area contributed by atoms with Crippen LogP contribution < -0.4 is 0 Å². The minimum absolute atomic E-state index is 0. The molecular formula is C4H12N2Sn. The minimum atomic E-state index is 0. The zero-order valence-corrected chi connectivity index (χ0v) is 8.25. The van der Waals surface area contributed by atoms with Crippen molar-refractivity contribution in [3.63, 3.8) is 0 Å². The van der Waals surface area contributed by atoms with Crippen LogP contribution in [-0.2, 0) is 0 Å². The van der Waals surface area contributed by atoms with Gasteiger partial charge in [-0.1, -0.05) is 0 Å². The van der Waals surface area contributed by atoms with Crippen LogP contribution in [0.1, 0.15) is 0 Å². The molecule has 42 valence electrons. The first-order valence-electron chi connectivity index (χ1n) is 1.79. The van der Waals surface area contributed by atoms with E-state index in [0.717, 1.165) is 0 Å². The van der Waals surface area contributed by atoms with Crippen molar-refractivity contribution in [2.75, 3.05) is 28.2 Å². The van der Waals surface area contributed by atoms with Gasteiger partial charge in [0.25, 0.3) is 0 Å². The molecular weight excluding hydrogens is 195 g/mol. The standard InChI is InChI=1S/2C2H6N.Sn/c2*1-3-2;/h2*1-2H3;/q2*-1;+2. The Balaban J connectivity index is -0.0000000400. The summed E-state index contributed by atoms with van der Waals surface area (Å²) < 4.78 is 0. The summed E-state index contributed by atoms with van der Waals surface area (Å²) in [6, 6.07) is 0. The maximum absolute atomic E-state index is 3.50. The minimum Gasteiger partial charge on any atom is -0.668 e. The summed E-state index contributed by atoms with van der Waals surface area (Å²) in [6.07, 6.45) is 0. The second-order valence-electron chi connectivity index (χ2n) is 0.894. The molecule has 0 aromatic heterocycles. The van der Waals surface area contributed by atoms with Crippen molar-refractivity contribution in [2.45, 2.75) is 0 Å². The predicted octanol–water partition coefficient (Wildman–Crippen LogP) is 0.859. The Morgan fingerprint density at radius 1 is 0.714 bits per heavy atom. The molecule has 0 unspecified atom stereocenters. The molecule has 0 bridgehead atoms. The van der Waals surface area contributed by atoms with E-state index >= 15 is 0 Å². The maximum Gasteiger partial charge on any atom is 2.00 e. The van der Waals surface area contributed by atoms with E-state index in [0.29, 0.717) is 0 Å². The van der Waals surface area contributed by atoms with Gasteiger partial charge in [-0.25, -0.2) is 0 Å². The molecule has 7 heavy (non-hydrogen) atoms. The van der Waals surface area contributed by atoms with E-state index < -0.39 is 0 Å². The SMILES string of the molecule is C[N-]C.C[N-]C.[Sn+2]. The van der Waals surface area contributed by atoms with Gasteiger partial charge in [0.2, 0.25) is 0 Å². The third-order valence-corrected chi connectivity index (χ3v) is 0. The summed E-state index contributed by atoms with van der Waals surface area (Å²) >= 11 is 0. The average Bonchev–Trinajstić information content (AvgIpc) is 1.39. The molecule has 0 saturated heterocycles. The van der Waals surface area contributed by atoms with Gasteiger partial charge in [-0.15, -0.1) is 0 Å². The fraction of sp³-hybridized carbons (Fsp3) is 1.00. The molecule has 2 nitrogen and oxygen atoms in total. The monoisotopic (exact) mass is 208 g/mol. The summed E-state index contributed by atoms with van der Waals surface area (Å²) in [5.41, 5.74) is 0. The third-order valence-electron chi connectivity index (χ3n) is 0. The van der Waals surface area contributed by atoms with Crippen LogP contribution in [0.4, 0.5) is 0 Å². The van der Waals surface area contributed by atoms with Crippen LogP contribution in [0.25, 0.3) is 10.6 Å². The summed E-state index contributed by atoms with van der Waals surface area (Å²) in [7, 11) is 7.00. The van der Waals surface area contributed by atoms with Crippen LogP contribution in [0, 0.1) is 0 Å². The molecule has 0 heterocycles. The van der Waals surface area contributed by atoms with Gasteiger partial charge in [0, 0.05) is 0 Å². The number of hydrogen-bond acceptors (Lipinski definition) is 0. The van der Waals surface area contributed by atoms with Crippen molar-refractivity contribution in [2.24, 2.45) is 0 Å². The molecule has 3 heteroatoms. The van der Waals surface area contributed by atoms with E-state index in [-0.39, 0.29) is 23.9 Å². The second-order valence-corrected chi connectivity index (χ2v) is 0.894. The smallest absolute Gasteiger partial charge is 0.668 e. The van der Waals surface area contributed by atoms with Gasteiger partial charge in [0.1, 0.15) is 0 Å². The van der Waals surface area contributed by atoms with Crippen molar-refractivity contribution < 1.29 is 0 Å². The molecule has 0 fully saturated rings. The quantitative estimate of drug-likeness (QED) is 0.527. The summed E-state index contributed by atoms with van der Waals surface area (Å²) in [6.45, 7) is 0. The average molecular weight is 207 g/mol. The van der Waals surface area contributed by atoms with Crippen molar-refractivity contribution in [3.8, 4) is 0 Å². The number of nitrogens with zero attached hydrogens (tertiary/aromatic N) is 2. The van der Waals surface area contributed by atoms with E-state index in [9.17, 15) is 0 Å². The fourth-order valence-electron chi connectivity index (χ4n) is 0. The Morgan fingerprint density at radius 3 is 0.714 bits per heavy atom. The Kier molecular flexibility index (Phi) is 66.5. The van der Waals surface area contributed by atoms with Gasteiger partial charge in [-0.3, -0.25) is 0 Å². The zero-order valence-electron chi connectivity index (χ0n) is 5.39. The Morgan fingerprint density at radius 2 is 0.714 bits per heavy atom. The molecule has 2 radical (unpaired) electrons. The zero-order chi connectivity index (χ0) is 5.41. The molecule has 0 amide bonds. The van der Waals surface area contributed by atoms with Gasteiger partial charge >= 0.3 is 23.9 Å². The van der Waals surface area contributed by atoms with Gasteiger partial charge in [0.05, 0.1) is 0 Å². The first-order chi connectivity index (χ1) is 2.83. The van der Waals surface area contributed by atoms with Crippen LogP contribution in [0.15, 0.2) is 0 Å². The molecule has 0 aliphatic rings. The number of hydrogen-bond donors (Lipinski definition) is 0. The molecule has 0 rings (SSSR count). The summed E-state index contributed by atoms with van der Waals surface area (Å²) in [4.78, 5) is 0. The van der Waals surface area contributed by atoms with Gasteiger partial charge in [0.15, 0.2) is 0 Å². The van der Waals surface area contributed by atoms with Crippen LogP contribution in [-0.4, -0.2) is 52.1 Å². The van der Waals surface area contributed by atoms with Crippen LogP contribution >= 0.6 is 0 Å². The third kappa shape index (κ3) is 290. The molecule has 0 aromatic carbocycles. The molecule has 0 saturated carbocycles. The molecule has 0 aromatic rings. The van der Waals surface area contributed by atoms with E-state index in [1.54, 1.807) is 28.2 Å². The second kappa shape index (κ2) is 29.7. The predicted molar refractivity (Wildman–Crippen MR) is 36.2 cm³/mol. The normalized spacial score (nSPS) is 5.14. The van der Waals surface area contributed by atoms with Gasteiger partial charge < -0.3 is 10.6 Å². The Bertz CT molecular complexity index is 11.7. The largest absolute Gasteiger partial charge is 2.00 e. The van der Waals surface area contributed by atoms with Crippen molar-refractivity contribution >= 4 is 23.9 Å². The molecule has 0 N–H and O–H groups in total. The van der Waals surface area contributed by atoms with Crippen LogP contribution in [0.2, 0.25) is 0 Å². The molecule has 0 aliphatic heterocycles. The van der Waals surface area contributed by atoms with E-state index in [2.05, 4.69) is 10.6 Å². The van der Waals surface area contributed by atoms with Crippen LogP contribution in [0.5, 0.6) is 0 Å². The van der Waals surface area contributed by atoms with Crippen LogP contribution in [0.3, 0.4) is 0 Å². The first kappa shape index (κ1) is 15.6. The maximum atomic E-state index is 3.50. The van der Waals surface area contributed by atoms with Crippen molar-refractivity contribution in [1.82, 2.24) is 0 Å². The Hall–Kier alpha value is 0.719.